The van der Waals surface area contributed by atoms with Gasteiger partial charge in [-0.2, -0.15) is 0 Å². The average Bonchev–Trinajstić information content (AvgIpc) is 2.41. The fourth-order valence-electron chi connectivity index (χ4n) is 1.42. The molecule has 0 unspecified atom stereocenters. The fourth-order valence-corrected chi connectivity index (χ4v) is 1.67. The summed E-state index contributed by atoms with van der Waals surface area (Å²) in [6.45, 7) is 0. The summed E-state index contributed by atoms with van der Waals surface area (Å²) in [5, 5.41) is 3.17. The van der Waals surface area contributed by atoms with Gasteiger partial charge in [-0.3, -0.25) is 4.79 Å². The van der Waals surface area contributed by atoms with Gasteiger partial charge in [-0.15, -0.1) is 0 Å². The highest BCUT2D eigenvalue weighted by Gasteiger charge is 2.07. The first-order valence-electron chi connectivity index (χ1n) is 5.39. The van der Waals surface area contributed by atoms with Crippen molar-refractivity contribution in [2.24, 2.45) is 5.73 Å². The first-order chi connectivity index (χ1) is 9.06. The van der Waals surface area contributed by atoms with Crippen molar-refractivity contribution in [3.8, 4) is 0 Å². The molecule has 1 amide bonds. The number of nitrogens with one attached hydrogen (secondary N) is 1. The van der Waals surface area contributed by atoms with Crippen LogP contribution >= 0.6 is 23.8 Å². The van der Waals surface area contributed by atoms with Crippen LogP contribution in [-0.2, 0) is 0 Å². The number of hydrogen-bond donors (Lipinski definition) is 2. The summed E-state index contributed by atoms with van der Waals surface area (Å²) >= 11 is 10.6. The van der Waals surface area contributed by atoms with Crippen molar-refractivity contribution in [1.29, 1.82) is 0 Å². The van der Waals surface area contributed by atoms with Gasteiger partial charge in [0.25, 0.3) is 5.91 Å². The molecule has 2 rings (SSSR count). The van der Waals surface area contributed by atoms with Gasteiger partial charge in [0.15, 0.2) is 0 Å². The predicted molar refractivity (Wildman–Crippen MR) is 79.5 cm³/mol. The number of aromatic nitrogens is 1. The lowest BCUT2D eigenvalue weighted by molar-refractivity contribution is 0.102. The molecule has 4 nitrogen and oxygen atoms in total. The van der Waals surface area contributed by atoms with Gasteiger partial charge in [0.1, 0.15) is 10.8 Å². The molecule has 0 radical (unpaired) electrons. The molecule has 0 aliphatic carbocycles. The van der Waals surface area contributed by atoms with Crippen molar-refractivity contribution < 1.29 is 4.79 Å². The number of benzene rings is 1. The van der Waals surface area contributed by atoms with Crippen LogP contribution in [0.5, 0.6) is 0 Å². The number of anilines is 1. The SMILES string of the molecule is NC(=S)c1ccc(C(=O)Nc2ccc(Cl)cn2)cc1. The quantitative estimate of drug-likeness (QED) is 0.853. The summed E-state index contributed by atoms with van der Waals surface area (Å²) < 4.78 is 0. The van der Waals surface area contributed by atoms with E-state index >= 15 is 0 Å². The van der Waals surface area contributed by atoms with Gasteiger partial charge in [0.2, 0.25) is 0 Å². The Hall–Kier alpha value is -1.98. The van der Waals surface area contributed by atoms with E-state index in [-0.39, 0.29) is 5.91 Å². The molecule has 0 saturated heterocycles. The van der Waals surface area contributed by atoms with E-state index in [4.69, 9.17) is 29.6 Å². The van der Waals surface area contributed by atoms with Crippen molar-refractivity contribution in [1.82, 2.24) is 4.98 Å². The maximum atomic E-state index is 11.9. The minimum Gasteiger partial charge on any atom is -0.389 e. The second-order valence-corrected chi connectivity index (χ2v) is 4.63. The Morgan fingerprint density at radius 3 is 2.32 bits per heavy atom. The third-order valence-corrected chi connectivity index (χ3v) is 2.86. The highest BCUT2D eigenvalue weighted by molar-refractivity contribution is 7.80. The van der Waals surface area contributed by atoms with Gasteiger partial charge in [0.05, 0.1) is 5.02 Å². The van der Waals surface area contributed by atoms with Crippen LogP contribution in [0.2, 0.25) is 5.02 Å². The number of halogens is 1. The number of nitrogens with two attached hydrogens (primary N) is 1. The fraction of sp³-hybridized carbons (Fsp3) is 0. The number of carbonyl (C=O) groups is 1. The summed E-state index contributed by atoms with van der Waals surface area (Å²) in [7, 11) is 0. The number of nitrogens with zero attached hydrogens (tertiary/aromatic N) is 1. The van der Waals surface area contributed by atoms with Gasteiger partial charge in [-0.1, -0.05) is 36.0 Å². The maximum absolute atomic E-state index is 11.9. The maximum Gasteiger partial charge on any atom is 0.256 e. The summed E-state index contributed by atoms with van der Waals surface area (Å²) in [5.41, 5.74) is 6.70. The molecule has 0 saturated carbocycles. The lowest BCUT2D eigenvalue weighted by Crippen LogP contribution is -2.14. The molecule has 0 fully saturated rings. The van der Waals surface area contributed by atoms with Crippen LogP contribution in [0, 0.1) is 0 Å². The van der Waals surface area contributed by atoms with Gasteiger partial charge >= 0.3 is 0 Å². The number of amides is 1. The highest BCUT2D eigenvalue weighted by atomic mass is 35.5. The normalized spacial score (nSPS) is 9.95. The van der Waals surface area contributed by atoms with E-state index in [1.54, 1.807) is 36.4 Å². The van der Waals surface area contributed by atoms with Gasteiger partial charge in [-0.05, 0) is 24.3 Å². The number of hydrogen-bond acceptors (Lipinski definition) is 3. The first kappa shape index (κ1) is 13.5. The van der Waals surface area contributed by atoms with E-state index in [0.29, 0.717) is 21.4 Å². The molecule has 6 heteroatoms. The molecule has 1 heterocycles. The second-order valence-electron chi connectivity index (χ2n) is 3.76. The Kier molecular flexibility index (Phi) is 4.09. The molecule has 0 bridgehead atoms. The van der Waals surface area contributed by atoms with Gasteiger partial charge in [0, 0.05) is 17.3 Å². The monoisotopic (exact) mass is 291 g/mol. The minimum absolute atomic E-state index is 0.260. The molecule has 1 aromatic heterocycles. The van der Waals surface area contributed by atoms with Crippen LogP contribution in [0.3, 0.4) is 0 Å². The summed E-state index contributed by atoms with van der Waals surface area (Å²) in [5.74, 6) is 0.178. The lowest BCUT2D eigenvalue weighted by atomic mass is 10.1. The zero-order valence-corrected chi connectivity index (χ0v) is 11.3. The summed E-state index contributed by atoms with van der Waals surface area (Å²) in [6, 6.07) is 9.99. The molecule has 2 aromatic rings. The van der Waals surface area contributed by atoms with Crippen LogP contribution < -0.4 is 11.1 Å². The predicted octanol–water partition coefficient (Wildman–Crippen LogP) is 2.62. The van der Waals surface area contributed by atoms with E-state index in [1.807, 2.05) is 0 Å². The van der Waals surface area contributed by atoms with Crippen LogP contribution in [0.25, 0.3) is 0 Å². The Labute approximate surface area is 120 Å². The second kappa shape index (κ2) is 5.77. The first-order valence-corrected chi connectivity index (χ1v) is 6.17. The minimum atomic E-state index is -0.260. The van der Waals surface area contributed by atoms with Gasteiger partial charge in [-0.25, -0.2) is 4.98 Å². The van der Waals surface area contributed by atoms with Crippen LogP contribution in [-0.4, -0.2) is 15.9 Å². The highest BCUT2D eigenvalue weighted by Crippen LogP contribution is 2.11. The smallest absolute Gasteiger partial charge is 0.256 e. The Morgan fingerprint density at radius 1 is 1.16 bits per heavy atom. The number of rotatable bonds is 3. The van der Waals surface area contributed by atoms with Crippen LogP contribution in [0.1, 0.15) is 15.9 Å². The Balaban J connectivity index is 2.11. The van der Waals surface area contributed by atoms with E-state index in [1.165, 1.54) is 6.20 Å². The van der Waals surface area contributed by atoms with Crippen molar-refractivity contribution >= 4 is 40.5 Å². The molecule has 3 N–H and O–H groups in total. The molecule has 0 aliphatic rings. The van der Waals surface area contributed by atoms with Crippen LogP contribution in [0.4, 0.5) is 5.82 Å². The van der Waals surface area contributed by atoms with Crippen molar-refractivity contribution in [3.63, 3.8) is 0 Å². The largest absolute Gasteiger partial charge is 0.389 e. The molecule has 0 spiro atoms. The van der Waals surface area contributed by atoms with Gasteiger partial charge < -0.3 is 11.1 Å². The third kappa shape index (κ3) is 3.49. The molecule has 1 aromatic carbocycles. The molecule has 96 valence electrons. The van der Waals surface area contributed by atoms with E-state index in [0.717, 1.165) is 5.56 Å². The van der Waals surface area contributed by atoms with E-state index < -0.39 is 0 Å². The topological polar surface area (TPSA) is 68.0 Å². The molecular formula is C13H10ClN3OS. The lowest BCUT2D eigenvalue weighted by Gasteiger charge is -2.05. The number of carbonyl (C=O) groups excluding carboxylic acids is 1. The average molecular weight is 292 g/mol. The molecular weight excluding hydrogens is 282 g/mol. The van der Waals surface area contributed by atoms with Crippen molar-refractivity contribution in [3.05, 3.63) is 58.7 Å². The van der Waals surface area contributed by atoms with Crippen molar-refractivity contribution in [2.75, 3.05) is 5.32 Å². The summed E-state index contributed by atoms with van der Waals surface area (Å²) in [6.07, 6.45) is 1.47. The van der Waals surface area contributed by atoms with Crippen molar-refractivity contribution in [2.45, 2.75) is 0 Å². The van der Waals surface area contributed by atoms with Crippen LogP contribution in [0.15, 0.2) is 42.6 Å². The Morgan fingerprint density at radius 2 is 1.79 bits per heavy atom. The zero-order valence-electron chi connectivity index (χ0n) is 9.76. The van der Waals surface area contributed by atoms with E-state index in [9.17, 15) is 4.79 Å². The zero-order chi connectivity index (χ0) is 13.8. The molecule has 0 aliphatic heterocycles. The molecule has 19 heavy (non-hydrogen) atoms. The summed E-state index contributed by atoms with van der Waals surface area (Å²) in [4.78, 5) is 16.2. The number of pyridine rings is 1. The van der Waals surface area contributed by atoms with E-state index in [2.05, 4.69) is 10.3 Å². The molecule has 0 atom stereocenters. The Bertz CT molecular complexity index is 611. The third-order valence-electron chi connectivity index (χ3n) is 2.40. The standard InChI is InChI=1S/C13H10ClN3OS/c14-10-5-6-11(16-7-10)17-13(18)9-3-1-8(2-4-9)12(15)19/h1-7H,(H2,15,19)(H,16,17,18). The number of thiocarbonyl (C=S) groups is 1.